The maximum absolute atomic E-state index is 10.3. The van der Waals surface area contributed by atoms with E-state index < -0.39 is 6.35 Å². The predicted molar refractivity (Wildman–Crippen MR) is 115 cm³/mol. The van der Waals surface area contributed by atoms with Crippen LogP contribution in [0.4, 0.5) is 5.69 Å². The molecule has 0 radical (unpaired) electrons. The summed E-state index contributed by atoms with van der Waals surface area (Å²) < 4.78 is 7.57. The fourth-order valence-corrected chi connectivity index (χ4v) is 4.32. The first-order valence-electron chi connectivity index (χ1n) is 10.0. The molecule has 0 saturated heterocycles. The van der Waals surface area contributed by atoms with Gasteiger partial charge in [0.2, 0.25) is 0 Å². The van der Waals surface area contributed by atoms with E-state index in [9.17, 15) is 10.4 Å². The topological polar surface area (TPSA) is 73.4 Å². The van der Waals surface area contributed by atoms with Gasteiger partial charge in [0.25, 0.3) is 0 Å². The summed E-state index contributed by atoms with van der Waals surface area (Å²) in [5.74, 6) is 0.780. The highest BCUT2D eigenvalue weighted by atomic mass is 16.5. The van der Waals surface area contributed by atoms with E-state index in [4.69, 9.17) is 4.74 Å². The molecular weight excluding hydrogens is 364 g/mol. The second kappa shape index (κ2) is 7.78. The van der Waals surface area contributed by atoms with Gasteiger partial charge in [-0.1, -0.05) is 13.0 Å². The Morgan fingerprint density at radius 3 is 2.76 bits per heavy atom. The first-order chi connectivity index (χ1) is 14.1. The number of aliphatic hydroxyl groups is 1. The highest BCUT2D eigenvalue weighted by molar-refractivity contribution is 5.95. The zero-order chi connectivity index (χ0) is 20.5. The monoisotopic (exact) mass is 390 g/mol. The SMILES string of the molecule is CCNC(O)N1CCc2cc(-c3c(C#N)c4ccc(OC)cc4n3CC)ccc21. The number of nitriles is 1. The molecular formula is C23H26N4O2. The third kappa shape index (κ3) is 3.13. The van der Waals surface area contributed by atoms with Crippen LogP contribution in [-0.2, 0) is 13.0 Å². The minimum absolute atomic E-state index is 0.684. The molecule has 1 unspecified atom stereocenters. The van der Waals surface area contributed by atoms with Gasteiger partial charge in [-0.25, -0.2) is 0 Å². The minimum Gasteiger partial charge on any atom is -0.497 e. The van der Waals surface area contributed by atoms with Gasteiger partial charge in [0.05, 0.1) is 23.9 Å². The maximum atomic E-state index is 10.3. The third-order valence-electron chi connectivity index (χ3n) is 5.67. The molecule has 1 aliphatic rings. The van der Waals surface area contributed by atoms with E-state index in [0.29, 0.717) is 12.1 Å². The first kappa shape index (κ1) is 19.3. The molecule has 150 valence electrons. The van der Waals surface area contributed by atoms with Gasteiger partial charge in [0.15, 0.2) is 6.35 Å². The summed E-state index contributed by atoms with van der Waals surface area (Å²) in [5, 5.41) is 24.3. The Morgan fingerprint density at radius 2 is 2.07 bits per heavy atom. The highest BCUT2D eigenvalue weighted by Crippen LogP contribution is 2.38. The van der Waals surface area contributed by atoms with Crippen molar-refractivity contribution in [2.45, 2.75) is 33.2 Å². The van der Waals surface area contributed by atoms with Crippen LogP contribution in [-0.4, -0.2) is 36.2 Å². The number of aromatic nitrogens is 1. The molecule has 2 N–H and O–H groups in total. The average Bonchev–Trinajstić information content (AvgIpc) is 3.31. The Balaban J connectivity index is 1.85. The van der Waals surface area contributed by atoms with Crippen LogP contribution in [0.5, 0.6) is 5.75 Å². The molecule has 2 heterocycles. The van der Waals surface area contributed by atoms with Gasteiger partial charge in [-0.3, -0.25) is 5.32 Å². The number of ether oxygens (including phenoxy) is 1. The number of rotatable bonds is 6. The third-order valence-corrected chi connectivity index (χ3v) is 5.67. The summed E-state index contributed by atoms with van der Waals surface area (Å²) in [5.41, 5.74) is 5.88. The van der Waals surface area contributed by atoms with E-state index >= 15 is 0 Å². The van der Waals surface area contributed by atoms with Crippen molar-refractivity contribution < 1.29 is 9.84 Å². The molecule has 1 atom stereocenters. The van der Waals surface area contributed by atoms with Crippen LogP contribution in [0.3, 0.4) is 0 Å². The Morgan fingerprint density at radius 1 is 1.24 bits per heavy atom. The molecule has 0 fully saturated rings. The largest absolute Gasteiger partial charge is 0.497 e. The second-order valence-electron chi connectivity index (χ2n) is 7.18. The van der Waals surface area contributed by atoms with Gasteiger partial charge in [0.1, 0.15) is 11.8 Å². The van der Waals surface area contributed by atoms with Crippen molar-refractivity contribution in [3.63, 3.8) is 0 Å². The Labute approximate surface area is 170 Å². The number of methoxy groups -OCH3 is 1. The van der Waals surface area contributed by atoms with Crippen molar-refractivity contribution in [2.24, 2.45) is 0 Å². The quantitative estimate of drug-likeness (QED) is 0.631. The lowest BCUT2D eigenvalue weighted by atomic mass is 10.0. The minimum atomic E-state index is -0.684. The number of aryl methyl sites for hydroxylation is 1. The molecule has 0 saturated carbocycles. The molecule has 6 nitrogen and oxygen atoms in total. The molecule has 0 amide bonds. The lowest BCUT2D eigenvalue weighted by Crippen LogP contribution is -2.44. The summed E-state index contributed by atoms with van der Waals surface area (Å²) in [6.45, 7) is 6.29. The number of anilines is 1. The van der Waals surface area contributed by atoms with Crippen LogP contribution < -0.4 is 15.0 Å². The van der Waals surface area contributed by atoms with E-state index in [0.717, 1.165) is 53.1 Å². The summed E-state index contributed by atoms with van der Waals surface area (Å²) >= 11 is 0. The van der Waals surface area contributed by atoms with E-state index in [1.54, 1.807) is 7.11 Å². The molecule has 2 aromatic carbocycles. The van der Waals surface area contributed by atoms with Crippen LogP contribution in [0.25, 0.3) is 22.2 Å². The number of hydrogen-bond acceptors (Lipinski definition) is 5. The van der Waals surface area contributed by atoms with E-state index in [2.05, 4.69) is 35.0 Å². The summed E-state index contributed by atoms with van der Waals surface area (Å²) in [6, 6.07) is 14.5. The fraction of sp³-hybridized carbons (Fsp3) is 0.348. The molecule has 3 aromatic rings. The van der Waals surface area contributed by atoms with E-state index in [1.807, 2.05) is 36.1 Å². The molecule has 1 aromatic heterocycles. The molecule has 29 heavy (non-hydrogen) atoms. The van der Waals surface area contributed by atoms with Crippen LogP contribution in [0, 0.1) is 11.3 Å². The molecule has 1 aliphatic heterocycles. The Kier molecular flexibility index (Phi) is 5.18. The number of nitrogens with one attached hydrogen (secondary N) is 1. The number of aliphatic hydroxyl groups excluding tert-OH is 1. The Bertz CT molecular complexity index is 1100. The maximum Gasteiger partial charge on any atom is 0.184 e. The molecule has 0 bridgehead atoms. The lowest BCUT2D eigenvalue weighted by Gasteiger charge is -2.26. The van der Waals surface area contributed by atoms with Crippen molar-refractivity contribution in [3.8, 4) is 23.1 Å². The predicted octanol–water partition coefficient (Wildman–Crippen LogP) is 3.46. The molecule has 0 aliphatic carbocycles. The van der Waals surface area contributed by atoms with Gasteiger partial charge in [0, 0.05) is 30.2 Å². The zero-order valence-electron chi connectivity index (χ0n) is 17.1. The Hall–Kier alpha value is -3.01. The van der Waals surface area contributed by atoms with Crippen molar-refractivity contribution in [2.75, 3.05) is 25.1 Å². The smallest absolute Gasteiger partial charge is 0.184 e. The summed E-state index contributed by atoms with van der Waals surface area (Å²) in [7, 11) is 1.65. The highest BCUT2D eigenvalue weighted by Gasteiger charge is 2.26. The number of fused-ring (bicyclic) bond motifs is 2. The summed E-state index contributed by atoms with van der Waals surface area (Å²) in [4.78, 5) is 1.98. The lowest BCUT2D eigenvalue weighted by molar-refractivity contribution is 0.136. The van der Waals surface area contributed by atoms with Gasteiger partial charge >= 0.3 is 0 Å². The van der Waals surface area contributed by atoms with E-state index in [1.165, 1.54) is 5.56 Å². The second-order valence-corrected chi connectivity index (χ2v) is 7.18. The fourth-order valence-electron chi connectivity index (χ4n) is 4.32. The zero-order valence-corrected chi connectivity index (χ0v) is 17.1. The van der Waals surface area contributed by atoms with E-state index in [-0.39, 0.29) is 0 Å². The first-order valence-corrected chi connectivity index (χ1v) is 10.0. The van der Waals surface area contributed by atoms with Gasteiger partial charge in [-0.15, -0.1) is 0 Å². The normalized spacial score (nSPS) is 14.1. The van der Waals surface area contributed by atoms with Crippen LogP contribution in [0.2, 0.25) is 0 Å². The van der Waals surface area contributed by atoms with Gasteiger partial charge < -0.3 is 19.3 Å². The molecule has 4 rings (SSSR count). The van der Waals surface area contributed by atoms with Crippen molar-refractivity contribution >= 4 is 16.6 Å². The number of nitrogens with zero attached hydrogens (tertiary/aromatic N) is 3. The van der Waals surface area contributed by atoms with Crippen LogP contribution in [0.15, 0.2) is 36.4 Å². The van der Waals surface area contributed by atoms with Crippen molar-refractivity contribution in [3.05, 3.63) is 47.5 Å². The van der Waals surface area contributed by atoms with Gasteiger partial charge in [-0.05, 0) is 55.3 Å². The van der Waals surface area contributed by atoms with Crippen LogP contribution >= 0.6 is 0 Å². The van der Waals surface area contributed by atoms with Crippen molar-refractivity contribution in [1.82, 2.24) is 9.88 Å². The number of hydrogen-bond donors (Lipinski definition) is 2. The number of benzene rings is 2. The molecule has 0 spiro atoms. The average molecular weight is 390 g/mol. The standard InChI is InChI=1S/C23H26N4O2/c1-4-25-23(28)27-11-10-15-12-16(6-9-20(15)27)22-19(14-24)18-8-7-17(29-3)13-21(18)26(22)5-2/h6-9,12-13,23,25,28H,4-5,10-11H2,1-3H3. The molecule has 6 heteroatoms. The van der Waals surface area contributed by atoms with Crippen molar-refractivity contribution in [1.29, 1.82) is 5.26 Å². The van der Waals surface area contributed by atoms with Crippen LogP contribution in [0.1, 0.15) is 25.0 Å². The van der Waals surface area contributed by atoms with Gasteiger partial charge in [-0.2, -0.15) is 5.26 Å². The summed E-state index contributed by atoms with van der Waals surface area (Å²) in [6.07, 6.45) is 0.185.